The van der Waals surface area contributed by atoms with Gasteiger partial charge in [-0.2, -0.15) is 0 Å². The van der Waals surface area contributed by atoms with Crippen molar-refractivity contribution in [2.75, 3.05) is 26.4 Å². The molecule has 0 atom stereocenters. The van der Waals surface area contributed by atoms with E-state index in [2.05, 4.69) is 0 Å². The molecule has 4 aromatic carbocycles. The monoisotopic (exact) mass is 808 g/mol. The normalized spacial score (nSPS) is 11.2. The molecule has 8 bridgehead atoms. The van der Waals surface area contributed by atoms with Crippen molar-refractivity contribution in [3.05, 3.63) is 72.8 Å². The van der Waals surface area contributed by atoms with E-state index in [1.807, 2.05) is 0 Å². The van der Waals surface area contributed by atoms with E-state index in [0.29, 0.717) is 91.9 Å². The summed E-state index contributed by atoms with van der Waals surface area (Å²) in [5.41, 5.74) is 2.72. The molecule has 5 heterocycles. The smallest absolute Gasteiger partial charge is 0.485 e. The van der Waals surface area contributed by atoms with Gasteiger partial charge in [0.15, 0.2) is 25.1 Å². The number of fused-ring (bicyclic) bond motifs is 20. The maximum atomic E-state index is 11.4. The number of aromatic nitrogens is 8. The number of ether oxygens (including phenoxy) is 4. The van der Waals surface area contributed by atoms with Gasteiger partial charge in [-0.3, -0.25) is 19.2 Å². The van der Waals surface area contributed by atoms with Crippen molar-refractivity contribution in [2.45, 2.75) is 0 Å². The third-order valence-corrected chi connectivity index (χ3v) is 8.88. The summed E-state index contributed by atoms with van der Waals surface area (Å²) in [6, 6.07) is 20.9. The van der Waals surface area contributed by atoms with Crippen LogP contribution in [0.3, 0.4) is 0 Å². The number of hydrogen-bond donors (Lipinski definition) is 0. The largest absolute Gasteiger partial charge is 2.00 e. The second kappa shape index (κ2) is 15.5. The fourth-order valence-electron chi connectivity index (χ4n) is 6.70. The quantitative estimate of drug-likeness (QED) is 0.123. The molecule has 0 N–H and O–H groups in total. The Morgan fingerprint density at radius 1 is 0.421 bits per heavy atom. The molecule has 57 heavy (non-hydrogen) atoms. The van der Waals surface area contributed by atoms with Crippen molar-refractivity contribution in [1.29, 1.82) is 0 Å². The second-order valence-corrected chi connectivity index (χ2v) is 12.1. The van der Waals surface area contributed by atoms with Crippen LogP contribution in [0.2, 0.25) is 0 Å². The van der Waals surface area contributed by atoms with Crippen molar-refractivity contribution in [1.82, 2.24) is 39.9 Å². The van der Waals surface area contributed by atoms with Gasteiger partial charge in [-0.15, -0.1) is 0 Å². The Bertz CT molecular complexity index is 2750. The standard InChI is InChI=1S/C40H24N8O8.Zn/c49-13-17-53-25-9-1-5-21-29(25)37-41-33(21)45-38-30-22(6-2-10-26(30)54-18-14-50)35(42-38)47-40-32-24(8-4-12-28(32)56-20-16-52)36(44-40)48-39-31-23(34(43-39)46-37)7-3-11-27(31)55-19-15-51;/h1-16H,17-20H2;/q-2;+2. The molecule has 0 saturated carbocycles. The molecular formula is C40H24N8O8Zn. The summed E-state index contributed by atoms with van der Waals surface area (Å²) in [6.45, 7) is -0.905. The number of aldehydes is 4. The Hall–Kier alpha value is -7.26. The summed E-state index contributed by atoms with van der Waals surface area (Å²) in [7, 11) is 0. The number of carbonyl (C=O) groups excluding carboxylic acids is 4. The van der Waals surface area contributed by atoms with Crippen LogP contribution in [0.4, 0.5) is 0 Å². The molecule has 0 fully saturated rings. The van der Waals surface area contributed by atoms with Gasteiger partial charge in [-0.25, -0.2) is 9.97 Å². The van der Waals surface area contributed by atoms with Crippen molar-refractivity contribution < 1.29 is 57.6 Å². The second-order valence-electron chi connectivity index (χ2n) is 12.1. The van der Waals surface area contributed by atoms with Gasteiger partial charge in [0.1, 0.15) is 49.4 Å². The van der Waals surface area contributed by atoms with E-state index in [0.717, 1.165) is 0 Å². The SMILES string of the molecule is O=CCOc1cccc2c1-c1nc-2nc2[n-]c(nc3nc(nc4[n-]c(n1)c1cccc(OCC=O)c41)-c1cccc(OCC=O)c1-3)c1cccc(OCC=O)c21.[Zn+2]. The number of hydrogen-bond acceptors (Lipinski definition) is 14. The molecule has 0 radical (unpaired) electrons. The van der Waals surface area contributed by atoms with Crippen LogP contribution in [0.1, 0.15) is 0 Å². The number of rotatable bonds is 12. The topological polar surface area (TPSA) is 211 Å². The molecule has 9 rings (SSSR count). The summed E-state index contributed by atoms with van der Waals surface area (Å²) in [5.74, 6) is 2.07. The van der Waals surface area contributed by atoms with Crippen LogP contribution in [-0.2, 0) is 38.7 Å². The maximum absolute atomic E-state index is 11.4. The zero-order valence-electron chi connectivity index (χ0n) is 29.6. The molecule has 16 nitrogen and oxygen atoms in total. The van der Waals surface area contributed by atoms with E-state index in [4.69, 9.17) is 58.8 Å². The summed E-state index contributed by atoms with van der Waals surface area (Å²) >= 11 is 0. The Balaban J connectivity index is 0.00000455. The predicted octanol–water partition coefficient (Wildman–Crippen LogP) is 4.44. The molecule has 2 aliphatic heterocycles. The molecule has 274 valence electrons. The van der Waals surface area contributed by atoms with Crippen LogP contribution >= 0.6 is 0 Å². The molecule has 0 spiro atoms. The Morgan fingerprint density at radius 3 is 1.18 bits per heavy atom. The number of benzene rings is 4. The third kappa shape index (κ3) is 6.43. The first-order valence-corrected chi connectivity index (χ1v) is 17.1. The molecule has 0 saturated heterocycles. The zero-order chi connectivity index (χ0) is 38.2. The van der Waals surface area contributed by atoms with Crippen molar-refractivity contribution in [2.24, 2.45) is 0 Å². The first-order chi connectivity index (χ1) is 27.6. The zero-order valence-corrected chi connectivity index (χ0v) is 32.6. The summed E-state index contributed by atoms with van der Waals surface area (Å²) in [5, 5.41) is 1.96. The molecule has 2 aliphatic rings. The Labute approximate surface area is 333 Å². The van der Waals surface area contributed by atoms with E-state index in [9.17, 15) is 19.2 Å². The molecular weight excluding hydrogens is 786 g/mol. The van der Waals surface area contributed by atoms with Crippen LogP contribution in [0.25, 0.3) is 89.7 Å². The van der Waals surface area contributed by atoms with E-state index in [1.165, 1.54) is 0 Å². The number of carbonyl (C=O) groups is 4. The minimum absolute atomic E-state index is 0. The van der Waals surface area contributed by atoms with Gasteiger partial charge in [0.05, 0.1) is 34.4 Å². The first-order valence-electron chi connectivity index (χ1n) is 17.1. The van der Waals surface area contributed by atoms with E-state index >= 15 is 0 Å². The van der Waals surface area contributed by atoms with Gasteiger partial charge in [-0.1, -0.05) is 48.5 Å². The molecule has 0 amide bonds. The fraction of sp³-hybridized carbons (Fsp3) is 0.100. The molecule has 3 aromatic heterocycles. The fourth-order valence-corrected chi connectivity index (χ4v) is 6.70. The minimum Gasteiger partial charge on any atom is -0.485 e. The van der Waals surface area contributed by atoms with Gasteiger partial charge in [0.25, 0.3) is 0 Å². The third-order valence-electron chi connectivity index (χ3n) is 8.88. The van der Waals surface area contributed by atoms with E-state index in [-0.39, 0.29) is 91.8 Å². The Morgan fingerprint density at radius 2 is 0.772 bits per heavy atom. The van der Waals surface area contributed by atoms with Gasteiger partial charge >= 0.3 is 19.5 Å². The summed E-state index contributed by atoms with van der Waals surface area (Å²) in [4.78, 5) is 84.8. The van der Waals surface area contributed by atoms with Crippen molar-refractivity contribution in [3.63, 3.8) is 0 Å². The summed E-state index contributed by atoms with van der Waals surface area (Å²) < 4.78 is 23.3. The molecule has 17 heteroatoms. The molecule has 0 unspecified atom stereocenters. The van der Waals surface area contributed by atoms with E-state index < -0.39 is 0 Å². The van der Waals surface area contributed by atoms with Crippen LogP contribution in [0.5, 0.6) is 23.0 Å². The van der Waals surface area contributed by atoms with Crippen LogP contribution in [0.15, 0.2) is 72.8 Å². The molecule has 0 aliphatic carbocycles. The summed E-state index contributed by atoms with van der Waals surface area (Å²) in [6.07, 6.45) is 2.54. The first kappa shape index (κ1) is 36.7. The van der Waals surface area contributed by atoms with Crippen molar-refractivity contribution in [3.8, 4) is 68.5 Å². The van der Waals surface area contributed by atoms with Crippen LogP contribution in [-0.4, -0.2) is 81.5 Å². The van der Waals surface area contributed by atoms with E-state index in [1.54, 1.807) is 72.8 Å². The van der Waals surface area contributed by atoms with Gasteiger partial charge < -0.3 is 48.9 Å². The average molecular weight is 810 g/mol. The Kier molecular flexibility index (Phi) is 9.96. The number of nitrogens with zero attached hydrogens (tertiary/aromatic N) is 8. The van der Waals surface area contributed by atoms with Crippen LogP contribution in [0, 0.1) is 0 Å². The van der Waals surface area contributed by atoms with Gasteiger partial charge in [0, 0.05) is 44.5 Å². The molecule has 7 aromatic rings. The van der Waals surface area contributed by atoms with Crippen LogP contribution < -0.4 is 28.9 Å². The minimum atomic E-state index is -0.226. The maximum Gasteiger partial charge on any atom is 2.00 e. The van der Waals surface area contributed by atoms with Crippen molar-refractivity contribution >= 4 is 69.3 Å². The van der Waals surface area contributed by atoms with Gasteiger partial charge in [-0.05, 0) is 35.0 Å². The average Bonchev–Trinajstić information content (AvgIpc) is 3.96. The van der Waals surface area contributed by atoms with Gasteiger partial charge in [0.2, 0.25) is 0 Å². The predicted molar refractivity (Wildman–Crippen MR) is 200 cm³/mol.